The Labute approximate surface area is 366 Å². The van der Waals surface area contributed by atoms with Gasteiger partial charge in [-0.05, 0) is 78.4 Å². The first-order valence-corrected chi connectivity index (χ1v) is 21.9. The molecule has 0 aliphatic carbocycles. The molecule has 6 aromatic rings. The number of anilines is 1. The zero-order valence-corrected chi connectivity index (χ0v) is 35.9. The maximum atomic E-state index is 12.4. The molecule has 9 heteroatoms. The molecule has 0 unspecified atom stereocenters. The van der Waals surface area contributed by atoms with Gasteiger partial charge in [0, 0.05) is 99.0 Å². The summed E-state index contributed by atoms with van der Waals surface area (Å²) in [5, 5.41) is 0. The molecule has 2 fully saturated rings. The SMILES string of the molecule is Cc1cccc(CCC(=O)Cc2ccc(-c3ccc(N4CCOCC4)cc3)cn2)c1.O=C(CCc1ccccc1)Cc1ccc(-c2ccc(OCCN3CCOCC3)cc2)cn1. The number of ether oxygens (including phenoxy) is 3. The molecular weight excluding hydrogens is 773 g/mol. The Hall–Kier alpha value is -6.00. The van der Waals surface area contributed by atoms with Crippen LogP contribution in [0.15, 0.2) is 140 Å². The number of pyridine rings is 2. The van der Waals surface area contributed by atoms with Crippen LogP contribution in [0.2, 0.25) is 0 Å². The van der Waals surface area contributed by atoms with Gasteiger partial charge in [-0.25, -0.2) is 0 Å². The first kappa shape index (κ1) is 44.1. The lowest BCUT2D eigenvalue weighted by Gasteiger charge is -2.28. The first-order valence-electron chi connectivity index (χ1n) is 21.9. The van der Waals surface area contributed by atoms with Gasteiger partial charge in [0.05, 0.1) is 26.4 Å². The van der Waals surface area contributed by atoms with Crippen molar-refractivity contribution in [1.82, 2.24) is 14.9 Å². The van der Waals surface area contributed by atoms with Gasteiger partial charge in [-0.1, -0.05) is 96.6 Å². The van der Waals surface area contributed by atoms with Crippen LogP contribution in [-0.2, 0) is 44.7 Å². The minimum atomic E-state index is 0.215. The predicted octanol–water partition coefficient (Wildman–Crippen LogP) is 8.84. The van der Waals surface area contributed by atoms with Crippen LogP contribution >= 0.6 is 0 Å². The number of aryl methyl sites for hydroxylation is 3. The predicted molar refractivity (Wildman–Crippen MR) is 247 cm³/mol. The van der Waals surface area contributed by atoms with E-state index in [4.69, 9.17) is 14.2 Å². The van der Waals surface area contributed by atoms with Gasteiger partial charge in [-0.15, -0.1) is 0 Å². The van der Waals surface area contributed by atoms with E-state index in [-0.39, 0.29) is 11.6 Å². The summed E-state index contributed by atoms with van der Waals surface area (Å²) in [4.78, 5) is 38.4. The quantitative estimate of drug-likeness (QED) is 0.0894. The van der Waals surface area contributed by atoms with E-state index < -0.39 is 0 Å². The van der Waals surface area contributed by atoms with Crippen molar-refractivity contribution in [2.24, 2.45) is 0 Å². The van der Waals surface area contributed by atoms with Crippen LogP contribution in [0.4, 0.5) is 5.69 Å². The number of benzene rings is 4. The number of Topliss-reactive ketones (excluding diaryl/α,β-unsaturated/α-hetero) is 2. The highest BCUT2D eigenvalue weighted by Crippen LogP contribution is 2.25. The molecule has 320 valence electrons. The third kappa shape index (κ3) is 14.0. The van der Waals surface area contributed by atoms with Gasteiger partial charge in [-0.2, -0.15) is 0 Å². The van der Waals surface area contributed by atoms with Crippen LogP contribution in [-0.4, -0.2) is 92.2 Å². The van der Waals surface area contributed by atoms with Gasteiger partial charge < -0.3 is 19.1 Å². The highest BCUT2D eigenvalue weighted by molar-refractivity contribution is 5.81. The molecule has 0 amide bonds. The number of rotatable bonds is 17. The van der Waals surface area contributed by atoms with E-state index in [0.717, 1.165) is 111 Å². The molecule has 0 atom stereocenters. The van der Waals surface area contributed by atoms with Crippen LogP contribution in [0.5, 0.6) is 5.75 Å². The van der Waals surface area contributed by atoms with E-state index >= 15 is 0 Å². The summed E-state index contributed by atoms with van der Waals surface area (Å²) < 4.78 is 16.7. The zero-order valence-electron chi connectivity index (χ0n) is 35.9. The summed E-state index contributed by atoms with van der Waals surface area (Å²) in [7, 11) is 0. The van der Waals surface area contributed by atoms with Crippen molar-refractivity contribution in [3.8, 4) is 28.0 Å². The normalized spacial score (nSPS) is 14.1. The van der Waals surface area contributed by atoms with Crippen molar-refractivity contribution in [3.05, 3.63) is 168 Å². The smallest absolute Gasteiger partial charge is 0.139 e. The highest BCUT2D eigenvalue weighted by Gasteiger charge is 2.13. The minimum absolute atomic E-state index is 0.215. The molecule has 0 saturated carbocycles. The van der Waals surface area contributed by atoms with Gasteiger partial charge in [0.2, 0.25) is 0 Å². The average Bonchev–Trinajstić information content (AvgIpc) is 3.32. The third-order valence-electron chi connectivity index (χ3n) is 11.3. The summed E-state index contributed by atoms with van der Waals surface area (Å²) >= 11 is 0. The Morgan fingerprint density at radius 1 is 0.581 bits per heavy atom. The molecule has 0 radical (unpaired) electrons. The van der Waals surface area contributed by atoms with Crippen LogP contribution in [0.25, 0.3) is 22.3 Å². The minimum Gasteiger partial charge on any atom is -0.492 e. The number of nitrogens with zero attached hydrogens (tertiary/aromatic N) is 4. The number of morpholine rings is 2. The van der Waals surface area contributed by atoms with Gasteiger partial charge in [-0.3, -0.25) is 24.5 Å². The zero-order chi connectivity index (χ0) is 42.8. The molecule has 2 aliphatic rings. The van der Waals surface area contributed by atoms with Crippen molar-refractivity contribution in [2.45, 2.75) is 45.4 Å². The molecule has 9 nitrogen and oxygen atoms in total. The number of carbonyl (C=O) groups is 2. The number of aromatic nitrogens is 2. The lowest BCUT2D eigenvalue weighted by Crippen LogP contribution is -2.38. The van der Waals surface area contributed by atoms with Crippen molar-refractivity contribution < 1.29 is 23.8 Å². The topological polar surface area (TPSA) is 94.1 Å². The lowest BCUT2D eigenvalue weighted by atomic mass is 10.0. The van der Waals surface area contributed by atoms with E-state index in [1.807, 2.05) is 79.1 Å². The summed E-state index contributed by atoms with van der Waals surface area (Å²) in [6.45, 7) is 10.7. The van der Waals surface area contributed by atoms with E-state index in [0.29, 0.717) is 32.3 Å². The Bertz CT molecular complexity index is 2270. The van der Waals surface area contributed by atoms with Crippen LogP contribution in [0.3, 0.4) is 0 Å². The maximum absolute atomic E-state index is 12.4. The van der Waals surface area contributed by atoms with E-state index in [1.165, 1.54) is 22.4 Å². The second kappa shape index (κ2) is 23.3. The molecule has 0 N–H and O–H groups in total. The van der Waals surface area contributed by atoms with Gasteiger partial charge in [0.25, 0.3) is 0 Å². The van der Waals surface area contributed by atoms with Crippen LogP contribution in [0, 0.1) is 6.92 Å². The number of hydrogen-bond acceptors (Lipinski definition) is 9. The monoisotopic (exact) mass is 830 g/mol. The molecule has 2 aromatic heterocycles. The van der Waals surface area contributed by atoms with E-state index in [2.05, 4.69) is 87.4 Å². The van der Waals surface area contributed by atoms with E-state index in [1.54, 1.807) is 0 Å². The Morgan fingerprint density at radius 3 is 1.68 bits per heavy atom. The lowest BCUT2D eigenvalue weighted by molar-refractivity contribution is -0.119. The molecule has 8 rings (SSSR count). The average molecular weight is 831 g/mol. The van der Waals surface area contributed by atoms with Crippen LogP contribution in [0.1, 0.15) is 40.9 Å². The molecule has 2 aliphatic heterocycles. The van der Waals surface area contributed by atoms with Gasteiger partial charge in [0.1, 0.15) is 23.9 Å². The Morgan fingerprint density at radius 2 is 1.11 bits per heavy atom. The van der Waals surface area contributed by atoms with E-state index in [9.17, 15) is 9.59 Å². The summed E-state index contributed by atoms with van der Waals surface area (Å²) in [5.74, 6) is 1.31. The van der Waals surface area contributed by atoms with Crippen LogP contribution < -0.4 is 9.64 Å². The molecule has 4 heterocycles. The fourth-order valence-corrected chi connectivity index (χ4v) is 7.61. The van der Waals surface area contributed by atoms with Crippen molar-refractivity contribution >= 4 is 17.3 Å². The molecule has 62 heavy (non-hydrogen) atoms. The Kier molecular flexibility index (Phi) is 16.5. The molecule has 0 bridgehead atoms. The van der Waals surface area contributed by atoms with Crippen molar-refractivity contribution in [3.63, 3.8) is 0 Å². The van der Waals surface area contributed by atoms with Crippen molar-refractivity contribution in [2.75, 3.05) is 70.7 Å². The molecule has 4 aromatic carbocycles. The number of ketones is 2. The fourth-order valence-electron chi connectivity index (χ4n) is 7.61. The third-order valence-corrected chi connectivity index (χ3v) is 11.3. The van der Waals surface area contributed by atoms with Crippen molar-refractivity contribution in [1.29, 1.82) is 0 Å². The Balaban J connectivity index is 0.000000187. The highest BCUT2D eigenvalue weighted by atomic mass is 16.5. The van der Waals surface area contributed by atoms with Gasteiger partial charge >= 0.3 is 0 Å². The molecule has 0 spiro atoms. The first-order chi connectivity index (χ1) is 30.4. The fraction of sp³-hybridized carbons (Fsp3) is 0.321. The summed E-state index contributed by atoms with van der Waals surface area (Å²) in [6, 6.07) is 43.1. The second-order valence-corrected chi connectivity index (χ2v) is 16.0. The summed E-state index contributed by atoms with van der Waals surface area (Å²) in [5.41, 5.74) is 10.8. The second-order valence-electron chi connectivity index (χ2n) is 16.0. The molecule has 2 saturated heterocycles. The standard InChI is InChI=1S/C27H30N2O3.C26H28N2O2/c30-26(11-6-22-4-2-1-3-5-22)20-25-10-7-24(21-28-25)23-8-12-27(13-9-23)32-19-16-29-14-17-31-18-15-29;1-20-3-2-4-21(17-20)5-12-26(29)18-24-9-6-23(19-27-24)22-7-10-25(11-8-22)28-13-15-30-16-14-28/h1-5,7-10,12-13,21H,6,11,14-20H2;2-4,6-11,17,19H,5,12-16,18H2,1H3. The number of hydrogen-bond donors (Lipinski definition) is 0. The van der Waals surface area contributed by atoms with Gasteiger partial charge in [0.15, 0.2) is 0 Å². The number of carbonyl (C=O) groups excluding carboxylic acids is 2. The molecular formula is C53H58N4O5. The maximum Gasteiger partial charge on any atom is 0.139 e. The largest absolute Gasteiger partial charge is 0.492 e. The summed E-state index contributed by atoms with van der Waals surface area (Å²) in [6.07, 6.45) is 7.13.